The van der Waals surface area contributed by atoms with Crippen LogP contribution in [-0.2, 0) is 16.0 Å². The monoisotopic (exact) mass is 311 g/mol. The van der Waals surface area contributed by atoms with Crippen molar-refractivity contribution in [3.8, 4) is 0 Å². The Labute approximate surface area is 127 Å². The third kappa shape index (κ3) is 4.26. The molecule has 6 heteroatoms. The van der Waals surface area contributed by atoms with Gasteiger partial charge in [-0.15, -0.1) is 0 Å². The molecular formula is C16H19F2NO3. The lowest BCUT2D eigenvalue weighted by Crippen LogP contribution is -2.36. The van der Waals surface area contributed by atoms with Crippen molar-refractivity contribution >= 4 is 11.9 Å². The Morgan fingerprint density at radius 3 is 2.59 bits per heavy atom. The highest BCUT2D eigenvalue weighted by molar-refractivity contribution is 5.80. The van der Waals surface area contributed by atoms with Crippen LogP contribution < -0.4 is 5.32 Å². The molecule has 2 rings (SSSR count). The van der Waals surface area contributed by atoms with E-state index in [-0.39, 0.29) is 11.8 Å². The Morgan fingerprint density at radius 2 is 1.91 bits per heavy atom. The molecule has 2 unspecified atom stereocenters. The van der Waals surface area contributed by atoms with Crippen LogP contribution in [0, 0.1) is 23.5 Å². The van der Waals surface area contributed by atoms with Crippen LogP contribution in [0.15, 0.2) is 18.2 Å². The van der Waals surface area contributed by atoms with Gasteiger partial charge in [0, 0.05) is 12.5 Å². The highest BCUT2D eigenvalue weighted by atomic mass is 19.2. The van der Waals surface area contributed by atoms with Crippen LogP contribution in [-0.4, -0.2) is 23.5 Å². The zero-order valence-electron chi connectivity index (χ0n) is 12.1. The fourth-order valence-corrected chi connectivity index (χ4v) is 2.82. The van der Waals surface area contributed by atoms with Gasteiger partial charge < -0.3 is 10.4 Å². The summed E-state index contributed by atoms with van der Waals surface area (Å²) in [5.74, 6) is -3.53. The maximum atomic E-state index is 13.1. The van der Waals surface area contributed by atoms with Gasteiger partial charge in [0.2, 0.25) is 5.91 Å². The smallest absolute Gasteiger partial charge is 0.306 e. The van der Waals surface area contributed by atoms with Crippen LogP contribution in [0.25, 0.3) is 0 Å². The molecule has 1 fully saturated rings. The van der Waals surface area contributed by atoms with E-state index in [4.69, 9.17) is 5.11 Å². The standard InChI is InChI=1S/C16H19F2NO3/c17-13-5-4-10(8-14(13)18)6-7-19-15(20)11-2-1-3-12(9-11)16(21)22/h4-5,8,11-12H,1-3,6-7,9H2,(H,19,20)(H,21,22). The summed E-state index contributed by atoms with van der Waals surface area (Å²) in [7, 11) is 0. The van der Waals surface area contributed by atoms with Crippen molar-refractivity contribution < 1.29 is 23.5 Å². The highest BCUT2D eigenvalue weighted by Crippen LogP contribution is 2.29. The molecule has 0 radical (unpaired) electrons. The lowest BCUT2D eigenvalue weighted by atomic mass is 9.81. The number of hydrogen-bond acceptors (Lipinski definition) is 2. The van der Waals surface area contributed by atoms with Gasteiger partial charge in [-0.05, 0) is 43.4 Å². The number of amides is 1. The minimum Gasteiger partial charge on any atom is -0.481 e. The average Bonchev–Trinajstić information content (AvgIpc) is 2.51. The summed E-state index contributed by atoms with van der Waals surface area (Å²) < 4.78 is 25.9. The van der Waals surface area contributed by atoms with Crippen molar-refractivity contribution in [2.45, 2.75) is 32.1 Å². The average molecular weight is 311 g/mol. The minimum absolute atomic E-state index is 0.159. The Kier molecular flexibility index (Phi) is 5.46. The molecule has 0 bridgehead atoms. The molecule has 1 aliphatic carbocycles. The quantitative estimate of drug-likeness (QED) is 0.878. The summed E-state index contributed by atoms with van der Waals surface area (Å²) in [5, 5.41) is 11.8. The first kappa shape index (κ1) is 16.4. The predicted octanol–water partition coefficient (Wildman–Crippen LogP) is 2.51. The molecule has 4 nitrogen and oxygen atoms in total. The number of hydrogen-bond donors (Lipinski definition) is 2. The van der Waals surface area contributed by atoms with E-state index in [0.717, 1.165) is 18.6 Å². The van der Waals surface area contributed by atoms with E-state index < -0.39 is 23.5 Å². The van der Waals surface area contributed by atoms with E-state index in [1.54, 1.807) is 0 Å². The number of nitrogens with one attached hydrogen (secondary N) is 1. The van der Waals surface area contributed by atoms with E-state index in [1.807, 2.05) is 0 Å². The van der Waals surface area contributed by atoms with Gasteiger partial charge in [0.05, 0.1) is 5.92 Å². The molecule has 0 spiro atoms. The Bertz CT molecular complexity index is 562. The lowest BCUT2D eigenvalue weighted by molar-refractivity contribution is -0.144. The second kappa shape index (κ2) is 7.33. The number of carboxylic acids is 1. The summed E-state index contributed by atoms with van der Waals surface area (Å²) in [6, 6.07) is 3.65. The minimum atomic E-state index is -0.902. The fraction of sp³-hybridized carbons (Fsp3) is 0.500. The largest absolute Gasteiger partial charge is 0.481 e. The van der Waals surface area contributed by atoms with Crippen molar-refractivity contribution in [1.29, 1.82) is 0 Å². The topological polar surface area (TPSA) is 66.4 Å². The summed E-state index contributed by atoms with van der Waals surface area (Å²) in [6.07, 6.45) is 2.82. The number of benzene rings is 1. The molecule has 22 heavy (non-hydrogen) atoms. The van der Waals surface area contributed by atoms with Gasteiger partial charge in [-0.1, -0.05) is 12.5 Å². The zero-order chi connectivity index (χ0) is 16.1. The third-order valence-electron chi connectivity index (χ3n) is 4.09. The van der Waals surface area contributed by atoms with Crippen molar-refractivity contribution in [1.82, 2.24) is 5.32 Å². The second-order valence-corrected chi connectivity index (χ2v) is 5.69. The molecule has 1 aliphatic rings. The van der Waals surface area contributed by atoms with Gasteiger partial charge >= 0.3 is 5.97 Å². The molecule has 0 aromatic heterocycles. The summed E-state index contributed by atoms with van der Waals surface area (Å²) in [4.78, 5) is 23.0. The predicted molar refractivity (Wildman–Crippen MR) is 76.2 cm³/mol. The van der Waals surface area contributed by atoms with Crippen LogP contribution in [0.3, 0.4) is 0 Å². The first-order valence-electron chi connectivity index (χ1n) is 7.42. The van der Waals surface area contributed by atoms with Crippen LogP contribution in [0.5, 0.6) is 0 Å². The first-order chi connectivity index (χ1) is 10.5. The number of halogens is 2. The first-order valence-corrected chi connectivity index (χ1v) is 7.42. The van der Waals surface area contributed by atoms with Crippen molar-refractivity contribution in [2.75, 3.05) is 6.54 Å². The summed E-state index contributed by atoms with van der Waals surface area (Å²) in [6.45, 7) is 0.318. The van der Waals surface area contributed by atoms with E-state index in [9.17, 15) is 18.4 Å². The molecule has 2 N–H and O–H groups in total. The second-order valence-electron chi connectivity index (χ2n) is 5.69. The van der Waals surface area contributed by atoms with E-state index in [2.05, 4.69) is 5.32 Å². The number of carbonyl (C=O) groups excluding carboxylic acids is 1. The van der Waals surface area contributed by atoms with E-state index in [1.165, 1.54) is 6.07 Å². The highest BCUT2D eigenvalue weighted by Gasteiger charge is 2.30. The van der Waals surface area contributed by atoms with Gasteiger partial charge in [0.15, 0.2) is 11.6 Å². The molecule has 0 heterocycles. The fourth-order valence-electron chi connectivity index (χ4n) is 2.82. The van der Waals surface area contributed by atoms with Crippen molar-refractivity contribution in [3.63, 3.8) is 0 Å². The summed E-state index contributed by atoms with van der Waals surface area (Å²) >= 11 is 0. The van der Waals surface area contributed by atoms with Crippen LogP contribution in [0.4, 0.5) is 8.78 Å². The summed E-state index contributed by atoms with van der Waals surface area (Å²) in [5.41, 5.74) is 0.603. The van der Waals surface area contributed by atoms with Gasteiger partial charge in [0.1, 0.15) is 0 Å². The molecule has 120 valence electrons. The lowest BCUT2D eigenvalue weighted by Gasteiger charge is -2.25. The van der Waals surface area contributed by atoms with E-state index in [0.29, 0.717) is 37.8 Å². The zero-order valence-corrected chi connectivity index (χ0v) is 12.1. The van der Waals surface area contributed by atoms with Crippen molar-refractivity contribution in [2.24, 2.45) is 11.8 Å². The van der Waals surface area contributed by atoms with E-state index >= 15 is 0 Å². The molecule has 0 aliphatic heterocycles. The molecule has 1 aromatic carbocycles. The molecule has 1 saturated carbocycles. The number of carboxylic acid groups (broad SMARTS) is 1. The van der Waals surface area contributed by atoms with Gasteiger partial charge in [-0.25, -0.2) is 8.78 Å². The number of aliphatic carboxylic acids is 1. The molecule has 1 aromatic rings. The normalized spacial score (nSPS) is 21.4. The third-order valence-corrected chi connectivity index (χ3v) is 4.09. The van der Waals surface area contributed by atoms with Gasteiger partial charge in [0.25, 0.3) is 0 Å². The van der Waals surface area contributed by atoms with Crippen molar-refractivity contribution in [3.05, 3.63) is 35.4 Å². The molecule has 2 atom stereocenters. The Balaban J connectivity index is 1.79. The van der Waals surface area contributed by atoms with Gasteiger partial charge in [-0.3, -0.25) is 9.59 Å². The van der Waals surface area contributed by atoms with Gasteiger partial charge in [-0.2, -0.15) is 0 Å². The van der Waals surface area contributed by atoms with Crippen LogP contribution in [0.2, 0.25) is 0 Å². The molecule has 0 saturated heterocycles. The Morgan fingerprint density at radius 1 is 1.18 bits per heavy atom. The van der Waals surface area contributed by atoms with Crippen LogP contribution >= 0.6 is 0 Å². The molecule has 1 amide bonds. The number of carbonyl (C=O) groups is 2. The maximum Gasteiger partial charge on any atom is 0.306 e. The van der Waals surface area contributed by atoms with Crippen LogP contribution in [0.1, 0.15) is 31.2 Å². The number of rotatable bonds is 5. The SMILES string of the molecule is O=C(O)C1CCCC(C(=O)NCCc2ccc(F)c(F)c2)C1. The Hall–Kier alpha value is -1.98. The molecular weight excluding hydrogens is 292 g/mol. The maximum absolute atomic E-state index is 13.1.